The molecule has 1 aromatic heterocycles. The van der Waals surface area contributed by atoms with Gasteiger partial charge in [0, 0.05) is 4.88 Å². The first-order valence-corrected chi connectivity index (χ1v) is 4.89. The predicted molar refractivity (Wildman–Crippen MR) is 55.0 cm³/mol. The van der Waals surface area contributed by atoms with Gasteiger partial charge in [-0.2, -0.15) is 0 Å². The summed E-state index contributed by atoms with van der Waals surface area (Å²) in [6, 6.07) is 3.66. The van der Waals surface area contributed by atoms with E-state index in [-0.39, 0.29) is 5.97 Å². The highest BCUT2D eigenvalue weighted by molar-refractivity contribution is 7.15. The third-order valence-corrected chi connectivity index (χ3v) is 2.73. The Kier molecular flexibility index (Phi) is 3.25. The highest BCUT2D eigenvalue weighted by Crippen LogP contribution is 2.23. The standard InChI is InChI=1S/C10H12O2S/c1-4-12-10(11)9-6-5-8(13-9)7(2)3/h5-6H,2,4H2,1,3H3. The molecule has 3 heteroatoms. The molecule has 2 nitrogen and oxygen atoms in total. The second-order valence-electron chi connectivity index (χ2n) is 2.66. The van der Waals surface area contributed by atoms with Crippen molar-refractivity contribution in [3.05, 3.63) is 28.5 Å². The molecule has 0 radical (unpaired) electrons. The van der Waals surface area contributed by atoms with Crippen LogP contribution in [0.15, 0.2) is 18.7 Å². The average Bonchev–Trinajstić information content (AvgIpc) is 2.52. The molecule has 0 aliphatic heterocycles. The monoisotopic (exact) mass is 196 g/mol. The smallest absolute Gasteiger partial charge is 0.348 e. The predicted octanol–water partition coefficient (Wildman–Crippen LogP) is 2.96. The number of hydrogen-bond acceptors (Lipinski definition) is 3. The van der Waals surface area contributed by atoms with E-state index in [2.05, 4.69) is 6.58 Å². The molecule has 0 aromatic carbocycles. The van der Waals surface area contributed by atoms with E-state index in [1.165, 1.54) is 11.3 Å². The molecule has 0 atom stereocenters. The van der Waals surface area contributed by atoms with Crippen LogP contribution in [-0.2, 0) is 4.74 Å². The maximum absolute atomic E-state index is 11.2. The summed E-state index contributed by atoms with van der Waals surface area (Å²) < 4.78 is 4.86. The Morgan fingerprint density at radius 2 is 2.15 bits per heavy atom. The van der Waals surface area contributed by atoms with Gasteiger partial charge in [0.2, 0.25) is 0 Å². The van der Waals surface area contributed by atoms with Crippen molar-refractivity contribution in [3.63, 3.8) is 0 Å². The van der Waals surface area contributed by atoms with Crippen LogP contribution in [-0.4, -0.2) is 12.6 Å². The van der Waals surface area contributed by atoms with Crippen LogP contribution in [0.3, 0.4) is 0 Å². The molecule has 0 bridgehead atoms. The fraction of sp³-hybridized carbons (Fsp3) is 0.300. The molecule has 0 amide bonds. The zero-order chi connectivity index (χ0) is 9.84. The highest BCUT2D eigenvalue weighted by Gasteiger charge is 2.09. The van der Waals surface area contributed by atoms with Crippen LogP contribution < -0.4 is 0 Å². The normalized spacial score (nSPS) is 9.69. The van der Waals surface area contributed by atoms with Crippen LogP contribution in [0.2, 0.25) is 0 Å². The number of hydrogen-bond donors (Lipinski definition) is 0. The summed E-state index contributed by atoms with van der Waals surface area (Å²) in [7, 11) is 0. The van der Waals surface area contributed by atoms with Crippen molar-refractivity contribution in [3.8, 4) is 0 Å². The van der Waals surface area contributed by atoms with Gasteiger partial charge in [-0.05, 0) is 31.6 Å². The molecule has 0 aliphatic carbocycles. The quantitative estimate of drug-likeness (QED) is 0.695. The van der Waals surface area contributed by atoms with Crippen LogP contribution in [0, 0.1) is 0 Å². The summed E-state index contributed by atoms with van der Waals surface area (Å²) in [5, 5.41) is 0. The SMILES string of the molecule is C=C(C)c1ccc(C(=O)OCC)s1. The minimum atomic E-state index is -0.250. The fourth-order valence-electron chi connectivity index (χ4n) is 0.879. The molecule has 1 heterocycles. The van der Waals surface area contributed by atoms with Crippen molar-refractivity contribution in [1.82, 2.24) is 0 Å². The lowest BCUT2D eigenvalue weighted by Gasteiger charge is -1.96. The molecule has 70 valence electrons. The van der Waals surface area contributed by atoms with Crippen molar-refractivity contribution < 1.29 is 9.53 Å². The summed E-state index contributed by atoms with van der Waals surface area (Å²) in [6.07, 6.45) is 0. The lowest BCUT2D eigenvalue weighted by molar-refractivity contribution is 0.0532. The summed E-state index contributed by atoms with van der Waals surface area (Å²) in [5.74, 6) is -0.250. The molecule has 0 fully saturated rings. The minimum Gasteiger partial charge on any atom is -0.462 e. The second kappa shape index (κ2) is 4.23. The zero-order valence-electron chi connectivity index (χ0n) is 7.79. The summed E-state index contributed by atoms with van der Waals surface area (Å²) in [6.45, 7) is 7.93. The van der Waals surface area contributed by atoms with Gasteiger partial charge in [0.05, 0.1) is 6.61 Å². The molecule has 13 heavy (non-hydrogen) atoms. The Morgan fingerprint density at radius 1 is 1.54 bits per heavy atom. The van der Waals surface area contributed by atoms with Crippen molar-refractivity contribution in [2.24, 2.45) is 0 Å². The number of ether oxygens (including phenoxy) is 1. The largest absolute Gasteiger partial charge is 0.462 e. The van der Waals surface area contributed by atoms with E-state index in [0.29, 0.717) is 11.5 Å². The molecule has 0 aliphatic rings. The van der Waals surface area contributed by atoms with Crippen molar-refractivity contribution >= 4 is 22.9 Å². The Bertz CT molecular complexity index is 325. The van der Waals surface area contributed by atoms with Crippen LogP contribution in [0.25, 0.3) is 5.57 Å². The van der Waals surface area contributed by atoms with Crippen molar-refractivity contribution in [1.29, 1.82) is 0 Å². The Labute approximate surface area is 81.8 Å². The van der Waals surface area contributed by atoms with Gasteiger partial charge in [0.1, 0.15) is 4.88 Å². The second-order valence-corrected chi connectivity index (χ2v) is 3.75. The average molecular weight is 196 g/mol. The van der Waals surface area contributed by atoms with Crippen molar-refractivity contribution in [2.45, 2.75) is 13.8 Å². The third kappa shape index (κ3) is 2.42. The van der Waals surface area contributed by atoms with Crippen molar-refractivity contribution in [2.75, 3.05) is 6.61 Å². The maximum Gasteiger partial charge on any atom is 0.348 e. The number of allylic oxidation sites excluding steroid dienone is 1. The molecule has 0 saturated heterocycles. The molecule has 1 rings (SSSR count). The lowest BCUT2D eigenvalue weighted by atomic mass is 10.3. The van der Waals surface area contributed by atoms with Gasteiger partial charge in [-0.1, -0.05) is 6.58 Å². The van der Waals surface area contributed by atoms with E-state index >= 15 is 0 Å². The van der Waals surface area contributed by atoms with Crippen LogP contribution in [0.5, 0.6) is 0 Å². The van der Waals surface area contributed by atoms with E-state index in [0.717, 1.165) is 10.5 Å². The first-order chi connectivity index (χ1) is 6.15. The lowest BCUT2D eigenvalue weighted by Crippen LogP contribution is -2.01. The van der Waals surface area contributed by atoms with Gasteiger partial charge < -0.3 is 4.74 Å². The Balaban J connectivity index is 2.79. The van der Waals surface area contributed by atoms with E-state index in [1.54, 1.807) is 13.0 Å². The summed E-state index contributed by atoms with van der Waals surface area (Å²) in [4.78, 5) is 12.9. The van der Waals surface area contributed by atoms with Gasteiger partial charge >= 0.3 is 5.97 Å². The van der Waals surface area contributed by atoms with Crippen LogP contribution in [0.1, 0.15) is 28.4 Å². The molecule has 0 saturated carbocycles. The number of carbonyl (C=O) groups is 1. The fourth-order valence-corrected chi connectivity index (χ4v) is 1.70. The van der Waals surface area contributed by atoms with E-state index in [4.69, 9.17) is 4.74 Å². The molecule has 0 N–H and O–H groups in total. The first kappa shape index (κ1) is 9.99. The number of carbonyl (C=O) groups excluding carboxylic acids is 1. The maximum atomic E-state index is 11.2. The summed E-state index contributed by atoms with van der Waals surface area (Å²) in [5.41, 5.74) is 0.973. The number of rotatable bonds is 3. The Hall–Kier alpha value is -1.09. The zero-order valence-corrected chi connectivity index (χ0v) is 8.61. The van der Waals surface area contributed by atoms with E-state index < -0.39 is 0 Å². The van der Waals surface area contributed by atoms with E-state index in [9.17, 15) is 4.79 Å². The highest BCUT2D eigenvalue weighted by atomic mass is 32.1. The van der Waals surface area contributed by atoms with Gasteiger partial charge in [-0.3, -0.25) is 0 Å². The molecule has 0 unspecified atom stereocenters. The molecule has 0 spiro atoms. The number of esters is 1. The molecule has 1 aromatic rings. The van der Waals surface area contributed by atoms with E-state index in [1.807, 2.05) is 13.0 Å². The number of thiophene rings is 1. The van der Waals surface area contributed by atoms with Crippen LogP contribution in [0.4, 0.5) is 0 Å². The first-order valence-electron chi connectivity index (χ1n) is 4.08. The molecular weight excluding hydrogens is 184 g/mol. The summed E-state index contributed by atoms with van der Waals surface area (Å²) >= 11 is 1.41. The van der Waals surface area contributed by atoms with Gasteiger partial charge in [-0.15, -0.1) is 11.3 Å². The van der Waals surface area contributed by atoms with Gasteiger partial charge in [0.15, 0.2) is 0 Å². The minimum absolute atomic E-state index is 0.250. The topological polar surface area (TPSA) is 26.3 Å². The van der Waals surface area contributed by atoms with Gasteiger partial charge in [-0.25, -0.2) is 4.79 Å². The van der Waals surface area contributed by atoms with Crippen LogP contribution >= 0.6 is 11.3 Å². The Morgan fingerprint density at radius 3 is 2.62 bits per heavy atom. The molecular formula is C10H12O2S. The third-order valence-electron chi connectivity index (χ3n) is 1.50. The van der Waals surface area contributed by atoms with Gasteiger partial charge in [0.25, 0.3) is 0 Å².